The summed E-state index contributed by atoms with van der Waals surface area (Å²) in [6.45, 7) is 19.0. The predicted molar refractivity (Wildman–Crippen MR) is 149 cm³/mol. The Bertz CT molecular complexity index is 1150. The van der Waals surface area contributed by atoms with Gasteiger partial charge in [0.1, 0.15) is 5.75 Å². The molecule has 2 aromatic rings. The number of amides is 1. The number of nitrogens with one attached hydrogen (secondary N) is 1. The topological polar surface area (TPSA) is 86.7 Å². The first-order valence-electron chi connectivity index (χ1n) is 13.1. The lowest BCUT2D eigenvalue weighted by Crippen LogP contribution is -2.32. The van der Waals surface area contributed by atoms with Crippen LogP contribution >= 0.6 is 0 Å². The van der Waals surface area contributed by atoms with Crippen LogP contribution in [0, 0.1) is 6.92 Å². The molecule has 0 aliphatic heterocycles. The smallest absolute Gasteiger partial charge is 0.262 e. The number of nitrogens with zero attached hydrogens (tertiary/aromatic N) is 1. The molecule has 0 fully saturated rings. The number of benzene rings is 2. The second-order valence-corrected chi connectivity index (χ2v) is 12.2. The fraction of sp³-hybridized carbons (Fsp3) is 0.552. The third kappa shape index (κ3) is 6.61. The van der Waals surface area contributed by atoms with E-state index in [1.54, 1.807) is 17.9 Å². The van der Waals surface area contributed by atoms with E-state index in [0.29, 0.717) is 23.5 Å². The van der Waals surface area contributed by atoms with Crippen LogP contribution in [0.4, 0.5) is 5.69 Å². The van der Waals surface area contributed by atoms with E-state index in [-0.39, 0.29) is 40.7 Å². The molecular formula is C29H44N2O4S. The van der Waals surface area contributed by atoms with Crippen molar-refractivity contribution >= 4 is 21.6 Å². The number of rotatable bonds is 11. The van der Waals surface area contributed by atoms with Gasteiger partial charge in [-0.05, 0) is 71.9 Å². The molecule has 0 aliphatic rings. The van der Waals surface area contributed by atoms with E-state index >= 15 is 0 Å². The number of hydrogen-bond donors (Lipinski definition) is 2. The number of hydrogen-bond acceptors (Lipinski definition) is 4. The van der Waals surface area contributed by atoms with E-state index in [1.165, 1.54) is 6.07 Å². The van der Waals surface area contributed by atoms with Gasteiger partial charge in [-0.15, -0.1) is 0 Å². The SMILES string of the molecule is CCCN(CCC)C(=O)c1cc(NS(=O)(=O)c2c(C(C)C)cc(C(C)C)cc2C(C)C)cc(C)c1O. The van der Waals surface area contributed by atoms with Crippen molar-refractivity contribution in [2.24, 2.45) is 0 Å². The van der Waals surface area contributed by atoms with Crippen molar-refractivity contribution in [3.63, 3.8) is 0 Å². The van der Waals surface area contributed by atoms with E-state index in [9.17, 15) is 18.3 Å². The Labute approximate surface area is 218 Å². The number of anilines is 1. The van der Waals surface area contributed by atoms with Gasteiger partial charge >= 0.3 is 0 Å². The number of sulfonamides is 1. The molecule has 0 unspecified atom stereocenters. The van der Waals surface area contributed by atoms with E-state index in [0.717, 1.165) is 29.5 Å². The minimum atomic E-state index is -3.98. The van der Waals surface area contributed by atoms with Gasteiger partial charge in [-0.1, -0.05) is 67.5 Å². The van der Waals surface area contributed by atoms with Gasteiger partial charge < -0.3 is 10.0 Å². The van der Waals surface area contributed by atoms with Gasteiger partial charge in [-0.2, -0.15) is 0 Å². The molecule has 0 heterocycles. The molecule has 36 heavy (non-hydrogen) atoms. The van der Waals surface area contributed by atoms with Gasteiger partial charge in [0, 0.05) is 13.1 Å². The summed E-state index contributed by atoms with van der Waals surface area (Å²) in [6, 6.07) is 7.02. The van der Waals surface area contributed by atoms with E-state index in [2.05, 4.69) is 18.6 Å². The van der Waals surface area contributed by atoms with Crippen molar-refractivity contribution in [3.05, 3.63) is 52.1 Å². The molecule has 0 aromatic heterocycles. The summed E-state index contributed by atoms with van der Waals surface area (Å²) in [5.74, 6) is -0.141. The van der Waals surface area contributed by atoms with Gasteiger partial charge in [0.2, 0.25) is 0 Å². The third-order valence-corrected chi connectivity index (χ3v) is 7.92. The van der Waals surface area contributed by atoms with Gasteiger partial charge in [0.25, 0.3) is 15.9 Å². The molecule has 0 spiro atoms. The zero-order chi connectivity index (χ0) is 27.4. The second kappa shape index (κ2) is 12.1. The largest absolute Gasteiger partial charge is 0.507 e. The number of aryl methyl sites for hydroxylation is 1. The Balaban J connectivity index is 2.66. The minimum absolute atomic E-state index is 0.00288. The lowest BCUT2D eigenvalue weighted by atomic mass is 9.89. The molecule has 0 radical (unpaired) electrons. The number of carbonyl (C=O) groups is 1. The summed E-state index contributed by atoms with van der Waals surface area (Å²) in [4.78, 5) is 15.3. The van der Waals surface area contributed by atoms with Crippen molar-refractivity contribution in [3.8, 4) is 5.75 Å². The van der Waals surface area contributed by atoms with Crippen LogP contribution < -0.4 is 4.72 Å². The fourth-order valence-electron chi connectivity index (χ4n) is 4.43. The van der Waals surface area contributed by atoms with Crippen molar-refractivity contribution in [1.82, 2.24) is 4.90 Å². The summed E-state index contributed by atoms with van der Waals surface area (Å²) >= 11 is 0. The maximum Gasteiger partial charge on any atom is 0.262 e. The number of aromatic hydroxyl groups is 1. The Morgan fingerprint density at radius 2 is 1.39 bits per heavy atom. The van der Waals surface area contributed by atoms with Gasteiger partial charge in [0.15, 0.2) is 0 Å². The molecule has 0 saturated carbocycles. The molecule has 2 aromatic carbocycles. The van der Waals surface area contributed by atoms with Gasteiger partial charge in [-0.3, -0.25) is 9.52 Å². The number of phenols is 1. The first kappa shape index (κ1) is 29.7. The maximum atomic E-state index is 13.9. The minimum Gasteiger partial charge on any atom is -0.507 e. The second-order valence-electron chi connectivity index (χ2n) is 10.6. The lowest BCUT2D eigenvalue weighted by molar-refractivity contribution is 0.0752. The van der Waals surface area contributed by atoms with Gasteiger partial charge in [0.05, 0.1) is 16.1 Å². The molecule has 6 nitrogen and oxygen atoms in total. The molecular weight excluding hydrogens is 472 g/mol. The molecule has 0 bridgehead atoms. The molecule has 2 rings (SSSR count). The van der Waals surface area contributed by atoms with Crippen LogP contribution in [-0.4, -0.2) is 37.4 Å². The number of carbonyl (C=O) groups excluding carboxylic acids is 1. The molecule has 7 heteroatoms. The van der Waals surface area contributed by atoms with Crippen LogP contribution in [0.25, 0.3) is 0 Å². The van der Waals surface area contributed by atoms with Crippen LogP contribution in [0.1, 0.15) is 119 Å². The highest BCUT2D eigenvalue weighted by Gasteiger charge is 2.28. The van der Waals surface area contributed by atoms with Crippen LogP contribution in [0.2, 0.25) is 0 Å². The predicted octanol–water partition coefficient (Wildman–Crippen LogP) is 7.13. The summed E-state index contributed by atoms with van der Waals surface area (Å²) in [6.07, 6.45) is 1.58. The molecule has 0 atom stereocenters. The molecule has 0 saturated heterocycles. The molecule has 2 N–H and O–H groups in total. The van der Waals surface area contributed by atoms with Crippen molar-refractivity contribution in [2.45, 2.75) is 97.8 Å². The van der Waals surface area contributed by atoms with Crippen LogP contribution in [0.3, 0.4) is 0 Å². The highest BCUT2D eigenvalue weighted by atomic mass is 32.2. The quantitative estimate of drug-likeness (QED) is 0.311. The number of phenolic OH excluding ortho intramolecular Hbond substituents is 1. The van der Waals surface area contributed by atoms with Gasteiger partial charge in [-0.25, -0.2) is 8.42 Å². The van der Waals surface area contributed by atoms with E-state index < -0.39 is 10.0 Å². The van der Waals surface area contributed by atoms with Crippen molar-refractivity contribution in [2.75, 3.05) is 17.8 Å². The molecule has 1 amide bonds. The maximum absolute atomic E-state index is 13.9. The average molecular weight is 517 g/mol. The third-order valence-electron chi connectivity index (χ3n) is 6.41. The summed E-state index contributed by atoms with van der Waals surface area (Å²) < 4.78 is 30.5. The molecule has 0 aliphatic carbocycles. The van der Waals surface area contributed by atoms with E-state index in [4.69, 9.17) is 0 Å². The summed E-state index contributed by atoms with van der Waals surface area (Å²) in [7, 11) is -3.98. The Morgan fingerprint density at radius 3 is 1.81 bits per heavy atom. The highest BCUT2D eigenvalue weighted by Crippen LogP contribution is 2.37. The first-order valence-corrected chi connectivity index (χ1v) is 14.6. The monoisotopic (exact) mass is 516 g/mol. The highest BCUT2D eigenvalue weighted by molar-refractivity contribution is 7.92. The Morgan fingerprint density at radius 1 is 0.889 bits per heavy atom. The van der Waals surface area contributed by atoms with Crippen LogP contribution in [0.15, 0.2) is 29.2 Å². The summed E-state index contributed by atoms with van der Waals surface area (Å²) in [5, 5.41) is 10.7. The lowest BCUT2D eigenvalue weighted by Gasteiger charge is -2.24. The average Bonchev–Trinajstić information content (AvgIpc) is 2.79. The molecule has 200 valence electrons. The summed E-state index contributed by atoms with van der Waals surface area (Å²) in [5.41, 5.74) is 3.48. The zero-order valence-corrected chi connectivity index (χ0v) is 24.2. The zero-order valence-electron chi connectivity index (χ0n) is 23.4. The van der Waals surface area contributed by atoms with Crippen LogP contribution in [0.5, 0.6) is 5.75 Å². The fourth-order valence-corrected chi connectivity index (χ4v) is 6.17. The van der Waals surface area contributed by atoms with Crippen molar-refractivity contribution < 1.29 is 18.3 Å². The Kier molecular flexibility index (Phi) is 10.0. The standard InChI is InChI=1S/C29H44N2O4S/c1-10-12-31(13-11-2)29(33)26-17-23(14-21(9)27(26)32)30-36(34,35)28-24(19(5)6)15-22(18(3)4)16-25(28)20(7)8/h14-20,30,32H,10-13H2,1-9H3. The normalized spacial score (nSPS) is 12.0. The van der Waals surface area contributed by atoms with Crippen LogP contribution in [-0.2, 0) is 10.0 Å². The first-order chi connectivity index (χ1) is 16.7. The van der Waals surface area contributed by atoms with E-state index in [1.807, 2.05) is 53.7 Å². The Hall–Kier alpha value is -2.54. The van der Waals surface area contributed by atoms with Crippen molar-refractivity contribution in [1.29, 1.82) is 0 Å².